The van der Waals surface area contributed by atoms with Gasteiger partial charge in [0.1, 0.15) is 5.75 Å². The second kappa shape index (κ2) is 5.40. The van der Waals surface area contributed by atoms with Gasteiger partial charge in [-0.15, -0.1) is 0 Å². The predicted octanol–water partition coefficient (Wildman–Crippen LogP) is 2.15. The minimum Gasteiger partial charge on any atom is -0.497 e. The highest BCUT2D eigenvalue weighted by atomic mass is 16.5. The number of esters is 1. The van der Waals surface area contributed by atoms with Crippen molar-refractivity contribution in [1.29, 1.82) is 0 Å². The first-order chi connectivity index (χ1) is 7.99. The molecule has 0 aliphatic heterocycles. The Hall–Kier alpha value is -1.95. The summed E-state index contributed by atoms with van der Waals surface area (Å²) in [6.45, 7) is 3.90. The summed E-state index contributed by atoms with van der Waals surface area (Å²) >= 11 is 0. The molecule has 0 heterocycles. The number of carbonyl (C=O) groups excluding carboxylic acids is 1. The van der Waals surface area contributed by atoms with E-state index in [1.807, 2.05) is 38.1 Å². The van der Waals surface area contributed by atoms with Crippen LogP contribution >= 0.6 is 0 Å². The molecule has 3 nitrogen and oxygen atoms in total. The molecule has 1 aromatic rings. The van der Waals surface area contributed by atoms with E-state index >= 15 is 0 Å². The molecule has 0 fully saturated rings. The molecule has 0 N–H and O–H groups in total. The third-order valence-electron chi connectivity index (χ3n) is 2.47. The minimum absolute atomic E-state index is 0.402. The highest BCUT2D eigenvalue weighted by Crippen LogP contribution is 2.24. The molecule has 0 saturated heterocycles. The highest BCUT2D eigenvalue weighted by Gasteiger charge is 2.17. The minimum atomic E-state index is -0.522. The topological polar surface area (TPSA) is 35.5 Å². The SMILES string of the molecule is COC(=O)C#CC(C)(C)c1ccc(OC)cc1. The first-order valence-electron chi connectivity index (χ1n) is 5.25. The van der Waals surface area contributed by atoms with Gasteiger partial charge in [-0.3, -0.25) is 0 Å². The fourth-order valence-electron chi connectivity index (χ4n) is 1.34. The van der Waals surface area contributed by atoms with Crippen molar-refractivity contribution in [2.75, 3.05) is 14.2 Å². The lowest BCUT2D eigenvalue weighted by atomic mass is 9.85. The smallest absolute Gasteiger partial charge is 0.384 e. The van der Waals surface area contributed by atoms with E-state index in [0.717, 1.165) is 11.3 Å². The Morgan fingerprint density at radius 3 is 2.24 bits per heavy atom. The zero-order chi connectivity index (χ0) is 12.9. The van der Waals surface area contributed by atoms with Gasteiger partial charge in [-0.05, 0) is 31.5 Å². The molecule has 0 amide bonds. The molecule has 0 aromatic heterocycles. The van der Waals surface area contributed by atoms with Gasteiger partial charge in [0.25, 0.3) is 0 Å². The molecular weight excluding hydrogens is 216 g/mol. The van der Waals surface area contributed by atoms with Crippen LogP contribution in [0.25, 0.3) is 0 Å². The third kappa shape index (κ3) is 3.53. The molecule has 17 heavy (non-hydrogen) atoms. The molecule has 0 saturated carbocycles. The molecule has 0 aliphatic rings. The molecule has 0 atom stereocenters. The molecular formula is C14H16O3. The highest BCUT2D eigenvalue weighted by molar-refractivity contribution is 5.88. The van der Waals surface area contributed by atoms with Crippen molar-refractivity contribution >= 4 is 5.97 Å². The van der Waals surface area contributed by atoms with Crippen LogP contribution in [0.4, 0.5) is 0 Å². The summed E-state index contributed by atoms with van der Waals surface area (Å²) in [6.07, 6.45) is 0. The lowest BCUT2D eigenvalue weighted by molar-refractivity contribution is -0.133. The number of ether oxygens (including phenoxy) is 2. The van der Waals surface area contributed by atoms with E-state index < -0.39 is 11.4 Å². The Kier molecular flexibility index (Phi) is 4.17. The van der Waals surface area contributed by atoms with E-state index in [9.17, 15) is 4.79 Å². The summed E-state index contributed by atoms with van der Waals surface area (Å²) < 4.78 is 9.57. The molecule has 1 rings (SSSR count). The maximum Gasteiger partial charge on any atom is 0.384 e. The summed E-state index contributed by atoms with van der Waals surface area (Å²) in [4.78, 5) is 11.0. The van der Waals surface area contributed by atoms with Crippen LogP contribution < -0.4 is 4.74 Å². The summed E-state index contributed by atoms with van der Waals surface area (Å²) in [7, 11) is 2.94. The molecule has 0 unspecified atom stereocenters. The Balaban J connectivity index is 2.94. The number of hydrogen-bond acceptors (Lipinski definition) is 3. The van der Waals surface area contributed by atoms with Crippen molar-refractivity contribution in [1.82, 2.24) is 0 Å². The van der Waals surface area contributed by atoms with Gasteiger partial charge in [-0.25, -0.2) is 4.79 Å². The quantitative estimate of drug-likeness (QED) is 0.445. The second-order valence-electron chi connectivity index (χ2n) is 4.10. The second-order valence-corrected chi connectivity index (χ2v) is 4.10. The molecule has 0 aliphatic carbocycles. The van der Waals surface area contributed by atoms with Crippen molar-refractivity contribution in [3.05, 3.63) is 29.8 Å². The lowest BCUT2D eigenvalue weighted by Gasteiger charge is -2.18. The van der Waals surface area contributed by atoms with E-state index in [1.165, 1.54) is 7.11 Å². The van der Waals surface area contributed by atoms with Crippen LogP contribution in [0.5, 0.6) is 5.75 Å². The fourth-order valence-corrected chi connectivity index (χ4v) is 1.34. The van der Waals surface area contributed by atoms with Crippen LogP contribution in [-0.4, -0.2) is 20.2 Å². The van der Waals surface area contributed by atoms with Gasteiger partial charge < -0.3 is 9.47 Å². The van der Waals surface area contributed by atoms with Gasteiger partial charge in [0.15, 0.2) is 0 Å². The van der Waals surface area contributed by atoms with E-state index in [1.54, 1.807) is 7.11 Å². The number of rotatable bonds is 2. The molecule has 1 aromatic carbocycles. The van der Waals surface area contributed by atoms with Gasteiger partial charge in [0.05, 0.1) is 19.6 Å². The zero-order valence-corrected chi connectivity index (χ0v) is 10.5. The number of benzene rings is 1. The molecule has 0 bridgehead atoms. The van der Waals surface area contributed by atoms with Crippen molar-refractivity contribution < 1.29 is 14.3 Å². The van der Waals surface area contributed by atoms with E-state index in [0.29, 0.717) is 0 Å². The Bertz CT molecular complexity index is 447. The monoisotopic (exact) mass is 232 g/mol. The Labute approximate surface area is 102 Å². The fraction of sp³-hybridized carbons (Fsp3) is 0.357. The average molecular weight is 232 g/mol. The van der Waals surface area contributed by atoms with E-state index in [2.05, 4.69) is 16.6 Å². The van der Waals surface area contributed by atoms with Gasteiger partial charge in [0.2, 0.25) is 0 Å². The van der Waals surface area contributed by atoms with Crippen LogP contribution in [0, 0.1) is 11.8 Å². The maximum absolute atomic E-state index is 11.0. The molecule has 0 radical (unpaired) electrons. The molecule has 0 spiro atoms. The normalized spacial score (nSPS) is 10.1. The van der Waals surface area contributed by atoms with E-state index in [-0.39, 0.29) is 0 Å². The van der Waals surface area contributed by atoms with Gasteiger partial charge in [-0.2, -0.15) is 0 Å². The van der Waals surface area contributed by atoms with Crippen LogP contribution in [0.2, 0.25) is 0 Å². The Morgan fingerprint density at radius 1 is 1.18 bits per heavy atom. The van der Waals surface area contributed by atoms with Crippen molar-refractivity contribution in [2.24, 2.45) is 0 Å². The maximum atomic E-state index is 11.0. The number of carbonyl (C=O) groups is 1. The molecule has 3 heteroatoms. The van der Waals surface area contributed by atoms with Crippen molar-refractivity contribution in [2.45, 2.75) is 19.3 Å². The van der Waals surface area contributed by atoms with Crippen LogP contribution in [-0.2, 0) is 14.9 Å². The van der Waals surface area contributed by atoms with Crippen LogP contribution in [0.3, 0.4) is 0 Å². The average Bonchev–Trinajstić information content (AvgIpc) is 2.36. The van der Waals surface area contributed by atoms with Gasteiger partial charge in [-0.1, -0.05) is 18.1 Å². The Morgan fingerprint density at radius 2 is 1.76 bits per heavy atom. The van der Waals surface area contributed by atoms with Gasteiger partial charge in [0, 0.05) is 5.92 Å². The van der Waals surface area contributed by atoms with Crippen LogP contribution in [0.15, 0.2) is 24.3 Å². The van der Waals surface area contributed by atoms with Gasteiger partial charge >= 0.3 is 5.97 Å². The lowest BCUT2D eigenvalue weighted by Crippen LogP contribution is -2.14. The molecule has 90 valence electrons. The largest absolute Gasteiger partial charge is 0.497 e. The predicted molar refractivity (Wildman–Crippen MR) is 65.8 cm³/mol. The number of hydrogen-bond donors (Lipinski definition) is 0. The van der Waals surface area contributed by atoms with Crippen LogP contribution in [0.1, 0.15) is 19.4 Å². The summed E-state index contributed by atoms with van der Waals surface area (Å²) in [5, 5.41) is 0. The summed E-state index contributed by atoms with van der Waals surface area (Å²) in [5.74, 6) is 5.63. The third-order valence-corrected chi connectivity index (χ3v) is 2.47. The summed E-state index contributed by atoms with van der Waals surface area (Å²) in [5.41, 5.74) is 0.621. The first-order valence-corrected chi connectivity index (χ1v) is 5.25. The van der Waals surface area contributed by atoms with Crippen molar-refractivity contribution in [3.8, 4) is 17.6 Å². The zero-order valence-electron chi connectivity index (χ0n) is 10.5. The summed E-state index contributed by atoms with van der Waals surface area (Å²) in [6, 6.07) is 7.61. The standard InChI is InChI=1S/C14H16O3/c1-14(2,10-9-13(15)17-4)11-5-7-12(16-3)8-6-11/h5-8H,1-4H3. The van der Waals surface area contributed by atoms with E-state index in [4.69, 9.17) is 4.74 Å². The van der Waals surface area contributed by atoms with Crippen molar-refractivity contribution in [3.63, 3.8) is 0 Å². The number of methoxy groups -OCH3 is 2. The first kappa shape index (κ1) is 13.1.